The molecule has 0 aromatic heterocycles. The van der Waals surface area contributed by atoms with Crippen molar-refractivity contribution in [1.82, 2.24) is 5.32 Å². The number of para-hydroxylation sites is 1. The first-order chi connectivity index (χ1) is 7.33. The van der Waals surface area contributed by atoms with Gasteiger partial charge in [-0.25, -0.2) is 0 Å². The first-order valence-corrected chi connectivity index (χ1v) is 4.97. The molecule has 15 heavy (non-hydrogen) atoms. The lowest BCUT2D eigenvalue weighted by Crippen LogP contribution is -2.30. The lowest BCUT2D eigenvalue weighted by atomic mass is 10.3. The van der Waals surface area contributed by atoms with E-state index in [4.69, 9.17) is 10.5 Å². The second-order valence-corrected chi connectivity index (χ2v) is 3.09. The molecule has 0 fully saturated rings. The molecule has 1 aromatic rings. The number of amides is 1. The highest BCUT2D eigenvalue weighted by molar-refractivity contribution is 5.77. The van der Waals surface area contributed by atoms with Crippen molar-refractivity contribution in [3.05, 3.63) is 30.3 Å². The zero-order chi connectivity index (χ0) is 10.9. The number of nitrogens with one attached hydrogen (secondary N) is 1. The fourth-order valence-corrected chi connectivity index (χ4v) is 1.05. The fourth-order valence-electron chi connectivity index (χ4n) is 1.05. The average molecular weight is 208 g/mol. The predicted molar refractivity (Wildman–Crippen MR) is 58.6 cm³/mol. The molecule has 0 heterocycles. The number of carbonyl (C=O) groups excluding carboxylic acids is 1. The second kappa shape index (κ2) is 6.84. The number of nitrogens with two attached hydrogens (primary N) is 1. The summed E-state index contributed by atoms with van der Waals surface area (Å²) in [5.74, 6) is 0.582. The van der Waals surface area contributed by atoms with E-state index in [1.54, 1.807) is 0 Å². The van der Waals surface area contributed by atoms with Gasteiger partial charge in [0.15, 0.2) is 6.61 Å². The second-order valence-electron chi connectivity index (χ2n) is 3.09. The summed E-state index contributed by atoms with van der Waals surface area (Å²) in [4.78, 5) is 11.2. The minimum Gasteiger partial charge on any atom is -0.484 e. The van der Waals surface area contributed by atoms with E-state index in [1.807, 2.05) is 30.3 Å². The lowest BCUT2D eigenvalue weighted by Gasteiger charge is -2.06. The molecule has 4 nitrogen and oxygen atoms in total. The van der Waals surface area contributed by atoms with Crippen molar-refractivity contribution in [1.29, 1.82) is 0 Å². The molecule has 4 heteroatoms. The van der Waals surface area contributed by atoms with E-state index >= 15 is 0 Å². The Hall–Kier alpha value is -1.55. The molecule has 0 aliphatic rings. The van der Waals surface area contributed by atoms with Crippen LogP contribution in [0.5, 0.6) is 5.75 Å². The molecule has 1 rings (SSSR count). The summed E-state index contributed by atoms with van der Waals surface area (Å²) in [5, 5.41) is 2.71. The molecule has 82 valence electrons. The van der Waals surface area contributed by atoms with Crippen molar-refractivity contribution in [3.8, 4) is 5.75 Å². The molecule has 0 bridgehead atoms. The van der Waals surface area contributed by atoms with Crippen molar-refractivity contribution in [3.63, 3.8) is 0 Å². The third-order valence-electron chi connectivity index (χ3n) is 1.82. The minimum atomic E-state index is -0.118. The van der Waals surface area contributed by atoms with Gasteiger partial charge < -0.3 is 15.8 Å². The molecule has 0 aliphatic carbocycles. The van der Waals surface area contributed by atoms with Gasteiger partial charge in [0, 0.05) is 6.54 Å². The van der Waals surface area contributed by atoms with E-state index < -0.39 is 0 Å². The van der Waals surface area contributed by atoms with Crippen molar-refractivity contribution in [2.45, 2.75) is 6.42 Å². The average Bonchev–Trinajstić information content (AvgIpc) is 2.28. The quantitative estimate of drug-likeness (QED) is 0.670. The summed E-state index contributed by atoms with van der Waals surface area (Å²) in [7, 11) is 0. The molecule has 1 amide bonds. The van der Waals surface area contributed by atoms with Crippen LogP contribution in [0.2, 0.25) is 0 Å². The number of benzene rings is 1. The van der Waals surface area contributed by atoms with E-state index in [1.165, 1.54) is 0 Å². The Kier molecular flexibility index (Phi) is 5.25. The Morgan fingerprint density at radius 2 is 2.07 bits per heavy atom. The van der Waals surface area contributed by atoms with E-state index in [9.17, 15) is 4.79 Å². The molecule has 0 aliphatic heterocycles. The van der Waals surface area contributed by atoms with Crippen molar-refractivity contribution < 1.29 is 9.53 Å². The van der Waals surface area contributed by atoms with Crippen LogP contribution in [-0.2, 0) is 4.79 Å². The molecular formula is C11H16N2O2. The number of rotatable bonds is 6. The number of carbonyl (C=O) groups is 1. The van der Waals surface area contributed by atoms with Crippen LogP contribution >= 0.6 is 0 Å². The van der Waals surface area contributed by atoms with Crippen LogP contribution in [0.15, 0.2) is 30.3 Å². The number of hydrogen-bond acceptors (Lipinski definition) is 3. The predicted octanol–water partition coefficient (Wildman–Crippen LogP) is 0.530. The van der Waals surface area contributed by atoms with Crippen LogP contribution in [0.4, 0.5) is 0 Å². The van der Waals surface area contributed by atoms with Crippen LogP contribution in [0.25, 0.3) is 0 Å². The Balaban J connectivity index is 2.17. The summed E-state index contributed by atoms with van der Waals surface area (Å²) in [5.41, 5.74) is 5.30. The molecule has 0 saturated heterocycles. The molecule has 0 saturated carbocycles. The molecule has 1 aromatic carbocycles. The largest absolute Gasteiger partial charge is 0.484 e. The zero-order valence-electron chi connectivity index (χ0n) is 8.61. The van der Waals surface area contributed by atoms with Gasteiger partial charge >= 0.3 is 0 Å². The molecule has 3 N–H and O–H groups in total. The van der Waals surface area contributed by atoms with Gasteiger partial charge in [-0.3, -0.25) is 4.79 Å². The first-order valence-electron chi connectivity index (χ1n) is 4.97. The molecule has 0 spiro atoms. The molecular weight excluding hydrogens is 192 g/mol. The highest BCUT2D eigenvalue weighted by Crippen LogP contribution is 2.07. The highest BCUT2D eigenvalue weighted by atomic mass is 16.5. The van der Waals surface area contributed by atoms with Crippen LogP contribution < -0.4 is 15.8 Å². The first kappa shape index (κ1) is 11.5. The minimum absolute atomic E-state index is 0.0502. The smallest absolute Gasteiger partial charge is 0.257 e. The highest BCUT2D eigenvalue weighted by Gasteiger charge is 2.00. The van der Waals surface area contributed by atoms with Gasteiger partial charge in [0.1, 0.15) is 5.75 Å². The van der Waals surface area contributed by atoms with E-state index in [-0.39, 0.29) is 12.5 Å². The third kappa shape index (κ3) is 5.02. The van der Waals surface area contributed by atoms with Gasteiger partial charge in [-0.15, -0.1) is 0 Å². The van der Waals surface area contributed by atoms with Gasteiger partial charge in [-0.05, 0) is 25.1 Å². The Morgan fingerprint density at radius 3 is 2.73 bits per heavy atom. The summed E-state index contributed by atoms with van der Waals surface area (Å²) in [6, 6.07) is 9.25. The Labute approximate surface area is 89.4 Å². The van der Waals surface area contributed by atoms with Crippen molar-refractivity contribution >= 4 is 5.91 Å². The number of ether oxygens (including phenoxy) is 1. The monoisotopic (exact) mass is 208 g/mol. The molecule has 0 unspecified atom stereocenters. The van der Waals surface area contributed by atoms with Gasteiger partial charge in [0.05, 0.1) is 0 Å². The van der Waals surface area contributed by atoms with Crippen molar-refractivity contribution in [2.24, 2.45) is 5.73 Å². The number of hydrogen-bond donors (Lipinski definition) is 2. The molecule has 0 atom stereocenters. The van der Waals surface area contributed by atoms with Crippen molar-refractivity contribution in [2.75, 3.05) is 19.7 Å². The molecule has 0 radical (unpaired) electrons. The maximum Gasteiger partial charge on any atom is 0.257 e. The van der Waals surface area contributed by atoms with Crippen LogP contribution in [-0.4, -0.2) is 25.6 Å². The standard InChI is InChI=1S/C11H16N2O2/c12-7-4-8-13-11(14)9-15-10-5-2-1-3-6-10/h1-3,5-6H,4,7-9,12H2,(H,13,14). The third-order valence-corrected chi connectivity index (χ3v) is 1.82. The summed E-state index contributed by atoms with van der Waals surface area (Å²) >= 11 is 0. The summed E-state index contributed by atoms with van der Waals surface area (Å²) < 4.78 is 5.26. The Bertz CT molecular complexity index is 288. The van der Waals surface area contributed by atoms with Gasteiger partial charge in [0.25, 0.3) is 5.91 Å². The summed E-state index contributed by atoms with van der Waals surface area (Å²) in [6.07, 6.45) is 0.789. The summed E-state index contributed by atoms with van der Waals surface area (Å²) in [6.45, 7) is 1.24. The normalized spacial score (nSPS) is 9.67. The van der Waals surface area contributed by atoms with Gasteiger partial charge in [-0.1, -0.05) is 18.2 Å². The maximum atomic E-state index is 11.2. The fraction of sp³-hybridized carbons (Fsp3) is 0.364. The van der Waals surface area contributed by atoms with Crippen LogP contribution in [0.3, 0.4) is 0 Å². The maximum absolute atomic E-state index is 11.2. The topological polar surface area (TPSA) is 64.3 Å². The van der Waals surface area contributed by atoms with E-state index in [0.29, 0.717) is 18.8 Å². The van der Waals surface area contributed by atoms with E-state index in [2.05, 4.69) is 5.32 Å². The van der Waals surface area contributed by atoms with Crippen LogP contribution in [0.1, 0.15) is 6.42 Å². The van der Waals surface area contributed by atoms with Crippen LogP contribution in [0, 0.1) is 0 Å². The van der Waals surface area contributed by atoms with Gasteiger partial charge in [-0.2, -0.15) is 0 Å². The zero-order valence-corrected chi connectivity index (χ0v) is 8.61. The van der Waals surface area contributed by atoms with Gasteiger partial charge in [0.2, 0.25) is 0 Å². The lowest BCUT2D eigenvalue weighted by molar-refractivity contribution is -0.123. The Morgan fingerprint density at radius 1 is 1.33 bits per heavy atom. The van der Waals surface area contributed by atoms with E-state index in [0.717, 1.165) is 6.42 Å². The SMILES string of the molecule is NCCCNC(=O)COc1ccccc1.